The first-order valence-corrected chi connectivity index (χ1v) is 20.6. The van der Waals surface area contributed by atoms with Crippen LogP contribution >= 0.6 is 0 Å². The molecule has 52 heavy (non-hydrogen) atoms. The highest BCUT2D eigenvalue weighted by molar-refractivity contribution is 7.89. The van der Waals surface area contributed by atoms with Crippen molar-refractivity contribution in [3.05, 3.63) is 96.7 Å². The minimum Gasteiger partial charge on any atom is -0.462 e. The second-order valence-corrected chi connectivity index (χ2v) is 16.8. The van der Waals surface area contributed by atoms with Crippen molar-refractivity contribution in [3.8, 4) is 0 Å². The third kappa shape index (κ3) is 7.89. The Morgan fingerprint density at radius 2 is 1.31 bits per heavy atom. The number of benzene rings is 4. The lowest BCUT2D eigenvalue weighted by atomic mass is 9.97. The predicted molar refractivity (Wildman–Crippen MR) is 202 cm³/mol. The van der Waals surface area contributed by atoms with E-state index in [0.29, 0.717) is 70.2 Å². The van der Waals surface area contributed by atoms with Gasteiger partial charge in [0.15, 0.2) is 0 Å². The van der Waals surface area contributed by atoms with Crippen molar-refractivity contribution in [2.75, 3.05) is 49.1 Å². The number of nitrogens with one attached hydrogen (secondary N) is 2. The van der Waals surface area contributed by atoms with E-state index in [-0.39, 0.29) is 33.9 Å². The zero-order valence-electron chi connectivity index (χ0n) is 28.9. The van der Waals surface area contributed by atoms with Crippen molar-refractivity contribution in [1.82, 2.24) is 19.4 Å². The fraction of sp³-hybridized carbons (Fsp3) is 0.342. The highest BCUT2D eigenvalue weighted by atomic mass is 32.2. The Labute approximate surface area is 304 Å². The molecule has 0 atom stereocenters. The number of piperidine rings is 2. The maximum atomic E-state index is 13.3. The summed E-state index contributed by atoms with van der Waals surface area (Å²) in [5.41, 5.74) is 0.277. The molecule has 0 radical (unpaired) electrons. The van der Waals surface area contributed by atoms with Gasteiger partial charge in [0, 0.05) is 45.0 Å². The predicted octanol–water partition coefficient (Wildman–Crippen LogP) is 5.10. The van der Waals surface area contributed by atoms with E-state index in [9.17, 15) is 21.6 Å². The molecule has 3 heterocycles. The van der Waals surface area contributed by atoms with E-state index < -0.39 is 26.0 Å². The van der Waals surface area contributed by atoms with E-state index in [1.54, 1.807) is 31.2 Å². The summed E-state index contributed by atoms with van der Waals surface area (Å²) in [7, 11) is -7.39. The van der Waals surface area contributed by atoms with Crippen LogP contribution in [-0.4, -0.2) is 78.1 Å². The van der Waals surface area contributed by atoms with Crippen LogP contribution in [-0.2, 0) is 24.8 Å². The molecule has 2 saturated heterocycles. The van der Waals surface area contributed by atoms with E-state index in [2.05, 4.69) is 14.4 Å². The van der Waals surface area contributed by atoms with Crippen LogP contribution < -0.4 is 19.2 Å². The van der Waals surface area contributed by atoms with E-state index in [1.165, 1.54) is 6.20 Å². The highest BCUT2D eigenvalue weighted by Crippen LogP contribution is 2.29. The molecule has 4 aromatic carbocycles. The van der Waals surface area contributed by atoms with Crippen LogP contribution in [0, 0.1) is 5.92 Å². The van der Waals surface area contributed by atoms with Gasteiger partial charge in [0.1, 0.15) is 11.4 Å². The minimum atomic E-state index is -3.71. The number of aromatic nitrogens is 2. The lowest BCUT2D eigenvalue weighted by Gasteiger charge is -2.35. The van der Waals surface area contributed by atoms with Gasteiger partial charge in [-0.15, -0.1) is 0 Å². The molecule has 5 aromatic rings. The van der Waals surface area contributed by atoms with Gasteiger partial charge in [0.05, 0.1) is 16.4 Å². The number of fused-ring (bicyclic) bond motifs is 2. The SMILES string of the molecule is CCOC(=O)c1cnc(N2CCC(NS(=O)(=O)c3ccc4ccccc4c3)CC2)nc1N1CCC(CNS(=O)(=O)c2ccc3ccccc3c2)CC1. The highest BCUT2D eigenvalue weighted by Gasteiger charge is 2.30. The van der Waals surface area contributed by atoms with Gasteiger partial charge in [-0.25, -0.2) is 36.1 Å². The van der Waals surface area contributed by atoms with Crippen LogP contribution in [0.5, 0.6) is 0 Å². The summed E-state index contributed by atoms with van der Waals surface area (Å²) in [6.45, 7) is 4.47. The number of ether oxygens (including phenoxy) is 1. The summed E-state index contributed by atoms with van der Waals surface area (Å²) < 4.78 is 63.8. The standard InChI is InChI=1S/C38H42N6O6S2/c1-2-50-37(45)35-26-39-38(44-21-17-32(18-22-44)42-52(48,49)34-14-12-29-8-4-6-10-31(29)24-34)41-36(35)43-19-15-27(16-20-43)25-40-51(46,47)33-13-11-28-7-3-5-9-30(28)23-33/h3-14,23-24,26-27,32,40,42H,2,15-22,25H2,1H3. The molecule has 0 bridgehead atoms. The zero-order valence-corrected chi connectivity index (χ0v) is 30.6. The van der Waals surface area contributed by atoms with E-state index in [0.717, 1.165) is 21.5 Å². The number of nitrogens with zero attached hydrogens (tertiary/aromatic N) is 4. The molecular weight excluding hydrogens is 701 g/mol. The van der Waals surface area contributed by atoms with Crippen LogP contribution in [0.15, 0.2) is 101 Å². The smallest absolute Gasteiger partial charge is 0.343 e. The maximum Gasteiger partial charge on any atom is 0.343 e. The third-order valence-electron chi connectivity index (χ3n) is 9.89. The van der Waals surface area contributed by atoms with Crippen LogP contribution in [0.1, 0.15) is 43.0 Å². The molecule has 0 spiro atoms. The van der Waals surface area contributed by atoms with Gasteiger partial charge in [0.25, 0.3) is 0 Å². The van der Waals surface area contributed by atoms with E-state index in [4.69, 9.17) is 9.72 Å². The Hall–Kier alpha value is -4.63. The molecule has 2 aliphatic heterocycles. The number of esters is 1. The normalized spacial score (nSPS) is 16.4. The molecule has 14 heteroatoms. The Morgan fingerprint density at radius 3 is 1.90 bits per heavy atom. The average Bonchev–Trinajstić information content (AvgIpc) is 3.17. The maximum absolute atomic E-state index is 13.3. The van der Waals surface area contributed by atoms with Gasteiger partial charge in [-0.2, -0.15) is 4.98 Å². The Bertz CT molecular complexity index is 2300. The summed E-state index contributed by atoms with van der Waals surface area (Å²) >= 11 is 0. The van der Waals surface area contributed by atoms with Crippen molar-refractivity contribution in [3.63, 3.8) is 0 Å². The first kappa shape index (κ1) is 35.8. The van der Waals surface area contributed by atoms with Crippen LogP contribution in [0.25, 0.3) is 21.5 Å². The Kier molecular flexibility index (Phi) is 10.4. The number of carbonyl (C=O) groups is 1. The minimum absolute atomic E-state index is 0.108. The fourth-order valence-corrected chi connectivity index (χ4v) is 9.41. The molecule has 0 saturated carbocycles. The van der Waals surface area contributed by atoms with Gasteiger partial charge >= 0.3 is 5.97 Å². The number of carbonyl (C=O) groups excluding carboxylic acids is 1. The molecule has 1 aromatic heterocycles. The zero-order chi connectivity index (χ0) is 36.3. The first-order valence-electron chi connectivity index (χ1n) is 17.6. The van der Waals surface area contributed by atoms with Crippen molar-refractivity contribution in [1.29, 1.82) is 0 Å². The molecule has 0 aliphatic carbocycles. The van der Waals surface area contributed by atoms with Crippen molar-refractivity contribution >= 4 is 59.3 Å². The lowest BCUT2D eigenvalue weighted by Crippen LogP contribution is -2.45. The molecule has 0 amide bonds. The Balaban J connectivity index is 0.982. The van der Waals surface area contributed by atoms with Gasteiger partial charge < -0.3 is 14.5 Å². The van der Waals surface area contributed by atoms with E-state index in [1.807, 2.05) is 70.5 Å². The number of hydrogen-bond donors (Lipinski definition) is 2. The third-order valence-corrected chi connectivity index (χ3v) is 12.8. The molecule has 272 valence electrons. The fourth-order valence-electron chi connectivity index (χ4n) is 6.92. The van der Waals surface area contributed by atoms with Crippen molar-refractivity contribution in [2.24, 2.45) is 5.92 Å². The summed E-state index contributed by atoms with van der Waals surface area (Å²) in [4.78, 5) is 26.9. The average molecular weight is 743 g/mol. The van der Waals surface area contributed by atoms with Crippen molar-refractivity contribution < 1.29 is 26.4 Å². The summed E-state index contributed by atoms with van der Waals surface area (Å²) in [5, 5.41) is 3.69. The molecule has 12 nitrogen and oxygen atoms in total. The first-order chi connectivity index (χ1) is 25.1. The monoisotopic (exact) mass is 742 g/mol. The van der Waals surface area contributed by atoms with E-state index >= 15 is 0 Å². The quantitative estimate of drug-likeness (QED) is 0.175. The van der Waals surface area contributed by atoms with Gasteiger partial charge in [-0.1, -0.05) is 60.7 Å². The molecule has 2 N–H and O–H groups in total. The van der Waals surface area contributed by atoms with Crippen LogP contribution in [0.2, 0.25) is 0 Å². The number of sulfonamides is 2. The number of hydrogen-bond acceptors (Lipinski definition) is 10. The summed E-state index contributed by atoms with van der Waals surface area (Å²) in [5.74, 6) is 0.550. The second kappa shape index (κ2) is 15.2. The molecule has 0 unspecified atom stereocenters. The second-order valence-electron chi connectivity index (χ2n) is 13.3. The number of anilines is 2. The number of rotatable bonds is 11. The summed E-state index contributed by atoms with van der Waals surface area (Å²) in [6.07, 6.45) is 4.03. The molecule has 2 aliphatic rings. The molecule has 2 fully saturated rings. The van der Waals surface area contributed by atoms with Gasteiger partial charge in [-0.3, -0.25) is 0 Å². The van der Waals surface area contributed by atoms with Crippen LogP contribution in [0.3, 0.4) is 0 Å². The molecule has 7 rings (SSSR count). The molecular formula is C38H42N6O6S2. The summed E-state index contributed by atoms with van der Waals surface area (Å²) in [6, 6.07) is 25.3. The van der Waals surface area contributed by atoms with Gasteiger partial charge in [0.2, 0.25) is 26.0 Å². The topological polar surface area (TPSA) is 151 Å². The Morgan fingerprint density at radius 1 is 0.750 bits per heavy atom. The van der Waals surface area contributed by atoms with Crippen molar-refractivity contribution in [2.45, 2.75) is 48.4 Å². The van der Waals surface area contributed by atoms with Gasteiger partial charge in [-0.05, 0) is 84.3 Å². The van der Waals surface area contributed by atoms with Crippen LogP contribution in [0.4, 0.5) is 11.8 Å². The lowest BCUT2D eigenvalue weighted by molar-refractivity contribution is 0.0526. The largest absolute Gasteiger partial charge is 0.462 e.